The monoisotopic (exact) mass is 370 g/mol. The van der Waals surface area contributed by atoms with E-state index in [1.165, 1.54) is 18.4 Å². The van der Waals surface area contributed by atoms with E-state index in [1.807, 2.05) is 0 Å². The van der Waals surface area contributed by atoms with Crippen molar-refractivity contribution in [1.82, 2.24) is 9.97 Å². The molecule has 2 aromatic heterocycles. The number of hydrogen-bond donors (Lipinski definition) is 1. The maximum atomic E-state index is 12.4. The van der Waals surface area contributed by atoms with Gasteiger partial charge >= 0.3 is 11.9 Å². The van der Waals surface area contributed by atoms with Crippen molar-refractivity contribution in [3.8, 4) is 11.5 Å². The lowest BCUT2D eigenvalue weighted by Crippen LogP contribution is -2.05. The van der Waals surface area contributed by atoms with Gasteiger partial charge in [-0.25, -0.2) is 19.6 Å². The lowest BCUT2D eigenvalue weighted by Gasteiger charge is -2.10. The summed E-state index contributed by atoms with van der Waals surface area (Å²) in [5.41, 5.74) is 1.90. The van der Waals surface area contributed by atoms with Crippen LogP contribution in [0, 0.1) is 0 Å². The van der Waals surface area contributed by atoms with E-state index in [2.05, 4.69) is 9.97 Å². The number of aromatic carboxylic acids is 1. The zero-order valence-corrected chi connectivity index (χ0v) is 13.9. The minimum absolute atomic E-state index is 0.0142. The van der Waals surface area contributed by atoms with Crippen LogP contribution in [-0.2, 0) is 11.2 Å². The number of hydrogen-bond acceptors (Lipinski definition) is 6. The Balaban J connectivity index is 1.70. The van der Waals surface area contributed by atoms with E-state index in [4.69, 9.17) is 25.9 Å². The third kappa shape index (κ3) is 2.82. The Morgan fingerprint density at radius 1 is 1.19 bits per heavy atom. The van der Waals surface area contributed by atoms with Gasteiger partial charge < -0.3 is 14.3 Å². The average Bonchev–Trinajstić information content (AvgIpc) is 3.24. The molecule has 3 heterocycles. The fourth-order valence-electron chi connectivity index (χ4n) is 2.86. The van der Waals surface area contributed by atoms with Gasteiger partial charge in [-0.1, -0.05) is 12.1 Å². The fourth-order valence-corrected chi connectivity index (χ4v) is 3.03. The van der Waals surface area contributed by atoms with Crippen molar-refractivity contribution in [2.75, 3.05) is 0 Å². The summed E-state index contributed by atoms with van der Waals surface area (Å²) in [6, 6.07) is 9.69. The number of carbonyl (C=O) groups is 2. The number of fused-ring (bicyclic) bond motifs is 1. The summed E-state index contributed by atoms with van der Waals surface area (Å²) in [7, 11) is 0. The van der Waals surface area contributed by atoms with Crippen molar-refractivity contribution in [2.24, 2.45) is 0 Å². The second kappa shape index (κ2) is 6.27. The normalized spacial score (nSPS) is 15.6. The number of cyclic esters (lactones) is 1. The molecule has 1 unspecified atom stereocenters. The van der Waals surface area contributed by atoms with Crippen LogP contribution < -0.4 is 0 Å². The lowest BCUT2D eigenvalue weighted by molar-refractivity contribution is 0.0382. The molecule has 7 nitrogen and oxygen atoms in total. The predicted octanol–water partition coefficient (Wildman–Crippen LogP) is 3.54. The summed E-state index contributed by atoms with van der Waals surface area (Å²) in [5, 5.41) is 8.95. The SMILES string of the molecule is O=C(O)c1ccc(CC2OC(=O)c3c(-c4ccco4)nc(Cl)nc32)cc1. The van der Waals surface area contributed by atoms with Gasteiger partial charge in [-0.15, -0.1) is 0 Å². The molecule has 1 aromatic carbocycles. The Morgan fingerprint density at radius 2 is 1.96 bits per heavy atom. The second-order valence-corrected chi connectivity index (χ2v) is 6.02. The lowest BCUT2D eigenvalue weighted by atomic mass is 10.0. The van der Waals surface area contributed by atoms with Gasteiger partial charge in [0, 0.05) is 6.42 Å². The molecule has 4 rings (SSSR count). The van der Waals surface area contributed by atoms with Gasteiger partial charge in [-0.3, -0.25) is 0 Å². The zero-order chi connectivity index (χ0) is 18.3. The molecule has 0 spiro atoms. The molecule has 0 fully saturated rings. The molecule has 1 atom stereocenters. The van der Waals surface area contributed by atoms with Crippen LogP contribution in [0.2, 0.25) is 5.28 Å². The molecule has 130 valence electrons. The van der Waals surface area contributed by atoms with Crippen LogP contribution in [0.4, 0.5) is 0 Å². The Bertz CT molecular complexity index is 999. The van der Waals surface area contributed by atoms with Gasteiger partial charge in [0.05, 0.1) is 11.8 Å². The van der Waals surface area contributed by atoms with E-state index < -0.39 is 18.0 Å². The Kier molecular flexibility index (Phi) is 3.93. The topological polar surface area (TPSA) is 103 Å². The van der Waals surface area contributed by atoms with Crippen LogP contribution in [0.5, 0.6) is 0 Å². The summed E-state index contributed by atoms with van der Waals surface area (Å²) in [6.45, 7) is 0. The van der Waals surface area contributed by atoms with Crippen molar-refractivity contribution in [3.05, 3.63) is 70.3 Å². The van der Waals surface area contributed by atoms with E-state index in [1.54, 1.807) is 24.3 Å². The third-order valence-corrected chi connectivity index (χ3v) is 4.21. The predicted molar refractivity (Wildman–Crippen MR) is 90.0 cm³/mol. The van der Waals surface area contributed by atoms with Crippen molar-refractivity contribution >= 4 is 23.5 Å². The number of carbonyl (C=O) groups excluding carboxylic acids is 1. The first-order chi connectivity index (χ1) is 12.5. The van der Waals surface area contributed by atoms with Crippen LogP contribution in [0.3, 0.4) is 0 Å². The highest BCUT2D eigenvalue weighted by molar-refractivity contribution is 6.28. The highest BCUT2D eigenvalue weighted by Crippen LogP contribution is 2.37. The van der Waals surface area contributed by atoms with Gasteiger partial charge in [0.25, 0.3) is 0 Å². The standard InChI is InChI=1S/C18H11ClN2O5/c19-18-20-14(11-2-1-7-25-11)13-15(21-18)12(26-17(13)24)8-9-3-5-10(6-4-9)16(22)23/h1-7,12H,8H2,(H,22,23). The van der Waals surface area contributed by atoms with Crippen LogP contribution in [0.25, 0.3) is 11.5 Å². The maximum Gasteiger partial charge on any atom is 0.343 e. The van der Waals surface area contributed by atoms with Gasteiger partial charge in [-0.05, 0) is 41.4 Å². The van der Waals surface area contributed by atoms with E-state index in [-0.39, 0.29) is 16.4 Å². The number of carboxylic acid groups (broad SMARTS) is 1. The molecule has 1 aliphatic rings. The van der Waals surface area contributed by atoms with Crippen LogP contribution in [-0.4, -0.2) is 27.0 Å². The molecule has 0 saturated heterocycles. The number of nitrogens with zero attached hydrogens (tertiary/aromatic N) is 2. The Morgan fingerprint density at radius 3 is 2.62 bits per heavy atom. The first-order valence-corrected chi connectivity index (χ1v) is 8.05. The molecule has 1 aliphatic heterocycles. The van der Waals surface area contributed by atoms with Crippen LogP contribution in [0.1, 0.15) is 38.1 Å². The molecule has 0 saturated carbocycles. The molecule has 1 N–H and O–H groups in total. The van der Waals surface area contributed by atoms with Crippen LogP contribution >= 0.6 is 11.6 Å². The number of furan rings is 1. The third-order valence-electron chi connectivity index (χ3n) is 4.04. The second-order valence-electron chi connectivity index (χ2n) is 5.68. The van der Waals surface area contributed by atoms with E-state index >= 15 is 0 Å². The number of carboxylic acids is 1. The summed E-state index contributed by atoms with van der Waals surface area (Å²) >= 11 is 6.02. The minimum Gasteiger partial charge on any atom is -0.478 e. The summed E-state index contributed by atoms with van der Waals surface area (Å²) in [6.07, 6.45) is 1.17. The molecule has 3 aromatic rings. The number of ether oxygens (including phenoxy) is 1. The van der Waals surface area contributed by atoms with E-state index in [0.717, 1.165) is 5.56 Å². The molecule has 0 radical (unpaired) electrons. The first-order valence-electron chi connectivity index (χ1n) is 7.67. The highest BCUT2D eigenvalue weighted by atomic mass is 35.5. The summed E-state index contributed by atoms with van der Waals surface area (Å²) < 4.78 is 10.8. The molecule has 26 heavy (non-hydrogen) atoms. The fraction of sp³-hybridized carbons (Fsp3) is 0.111. The zero-order valence-electron chi connectivity index (χ0n) is 13.2. The molecule has 0 bridgehead atoms. The molecule has 0 amide bonds. The van der Waals surface area contributed by atoms with Gasteiger partial charge in [0.1, 0.15) is 23.1 Å². The highest BCUT2D eigenvalue weighted by Gasteiger charge is 2.37. The van der Waals surface area contributed by atoms with Crippen molar-refractivity contribution in [3.63, 3.8) is 0 Å². The summed E-state index contributed by atoms with van der Waals surface area (Å²) in [4.78, 5) is 31.6. The summed E-state index contributed by atoms with van der Waals surface area (Å²) in [5.74, 6) is -1.15. The maximum absolute atomic E-state index is 12.4. The van der Waals surface area contributed by atoms with Crippen molar-refractivity contribution in [2.45, 2.75) is 12.5 Å². The molecular formula is C18H11ClN2O5. The smallest absolute Gasteiger partial charge is 0.343 e. The number of benzene rings is 1. The van der Waals surface area contributed by atoms with Gasteiger partial charge in [-0.2, -0.15) is 0 Å². The van der Waals surface area contributed by atoms with Gasteiger partial charge in [0.15, 0.2) is 5.76 Å². The molecule has 0 aliphatic carbocycles. The number of esters is 1. The van der Waals surface area contributed by atoms with Crippen molar-refractivity contribution in [1.29, 1.82) is 0 Å². The number of aromatic nitrogens is 2. The Labute approximate surface area is 152 Å². The number of rotatable bonds is 4. The number of halogens is 1. The quantitative estimate of drug-likeness (QED) is 0.553. The van der Waals surface area contributed by atoms with Crippen LogP contribution in [0.15, 0.2) is 47.1 Å². The van der Waals surface area contributed by atoms with Crippen molar-refractivity contribution < 1.29 is 23.8 Å². The minimum atomic E-state index is -1.00. The first kappa shape index (κ1) is 16.3. The van der Waals surface area contributed by atoms with E-state index in [0.29, 0.717) is 23.6 Å². The Hall–Kier alpha value is -3.19. The van der Waals surface area contributed by atoms with Gasteiger partial charge in [0.2, 0.25) is 5.28 Å². The average molecular weight is 371 g/mol. The largest absolute Gasteiger partial charge is 0.478 e. The molecule has 8 heteroatoms. The van der Waals surface area contributed by atoms with E-state index in [9.17, 15) is 9.59 Å². The molecular weight excluding hydrogens is 360 g/mol.